The third-order valence-corrected chi connectivity index (χ3v) is 5.67. The normalized spacial score (nSPS) is 18.1. The van der Waals surface area contributed by atoms with Gasteiger partial charge in [-0.1, -0.05) is 6.42 Å². The molecule has 1 aromatic heterocycles. The van der Waals surface area contributed by atoms with Gasteiger partial charge in [0.1, 0.15) is 5.69 Å². The number of nitrogens with zero attached hydrogens (tertiary/aromatic N) is 5. The molecule has 0 bridgehead atoms. The van der Waals surface area contributed by atoms with Crippen LogP contribution in [0.15, 0.2) is 18.6 Å². The number of hydrogen-bond acceptors (Lipinski definition) is 7. The van der Waals surface area contributed by atoms with Gasteiger partial charge in [0.05, 0.1) is 19.4 Å². The van der Waals surface area contributed by atoms with Crippen molar-refractivity contribution >= 4 is 11.8 Å². The number of hydrogen-bond donors (Lipinski definition) is 1. The van der Waals surface area contributed by atoms with Gasteiger partial charge in [-0.3, -0.25) is 19.5 Å². The van der Waals surface area contributed by atoms with Gasteiger partial charge < -0.3 is 19.9 Å². The second-order valence-electron chi connectivity index (χ2n) is 7.84. The van der Waals surface area contributed by atoms with Gasteiger partial charge in [-0.25, -0.2) is 4.98 Å². The molecule has 0 radical (unpaired) electrons. The Morgan fingerprint density at radius 3 is 2.50 bits per heavy atom. The summed E-state index contributed by atoms with van der Waals surface area (Å²) in [7, 11) is 0. The van der Waals surface area contributed by atoms with Crippen molar-refractivity contribution in [1.82, 2.24) is 30.0 Å². The van der Waals surface area contributed by atoms with Crippen LogP contribution >= 0.6 is 0 Å². The quantitative estimate of drug-likeness (QED) is 0.582. The summed E-state index contributed by atoms with van der Waals surface area (Å²) in [5.74, 6) is -0.195. The molecule has 0 atom stereocenters. The van der Waals surface area contributed by atoms with Crippen molar-refractivity contribution in [1.29, 1.82) is 0 Å². The van der Waals surface area contributed by atoms with Crippen molar-refractivity contribution in [2.24, 2.45) is 0 Å². The Labute approximate surface area is 178 Å². The molecule has 2 aliphatic heterocycles. The zero-order valence-electron chi connectivity index (χ0n) is 17.8. The summed E-state index contributed by atoms with van der Waals surface area (Å²) in [6.45, 7) is 8.73. The van der Waals surface area contributed by atoms with Crippen LogP contribution in [0, 0.1) is 0 Å². The number of ether oxygens (including phenoxy) is 1. The molecule has 2 aliphatic rings. The number of carbonyl (C=O) groups is 2. The molecular weight excluding hydrogens is 384 g/mol. The summed E-state index contributed by atoms with van der Waals surface area (Å²) in [5, 5.41) is 2.97. The Balaban J connectivity index is 1.45. The highest BCUT2D eigenvalue weighted by atomic mass is 16.5. The molecule has 3 rings (SSSR count). The molecule has 0 aromatic carbocycles. The van der Waals surface area contributed by atoms with Gasteiger partial charge in [0.15, 0.2) is 0 Å². The molecular formula is C21H34N6O3. The average molecular weight is 419 g/mol. The molecule has 2 amide bonds. The van der Waals surface area contributed by atoms with Crippen LogP contribution in [-0.2, 0) is 9.53 Å². The minimum Gasteiger partial charge on any atom is -0.379 e. The number of morpholine rings is 1. The lowest BCUT2D eigenvalue weighted by molar-refractivity contribution is -0.121. The van der Waals surface area contributed by atoms with E-state index in [-0.39, 0.29) is 18.2 Å². The Kier molecular flexibility index (Phi) is 9.46. The van der Waals surface area contributed by atoms with Crippen LogP contribution < -0.4 is 5.32 Å². The maximum Gasteiger partial charge on any atom is 0.274 e. The van der Waals surface area contributed by atoms with Gasteiger partial charge in [-0.2, -0.15) is 0 Å². The lowest BCUT2D eigenvalue weighted by Crippen LogP contribution is -2.43. The summed E-state index contributed by atoms with van der Waals surface area (Å²) in [5.41, 5.74) is 0.323. The first kappa shape index (κ1) is 22.6. The Hall–Kier alpha value is -2.10. The third-order valence-electron chi connectivity index (χ3n) is 5.67. The lowest BCUT2D eigenvalue weighted by Gasteiger charge is -2.30. The van der Waals surface area contributed by atoms with Crippen molar-refractivity contribution in [2.45, 2.75) is 25.7 Å². The minimum absolute atomic E-state index is 0.0295. The zero-order valence-corrected chi connectivity index (χ0v) is 17.8. The maximum absolute atomic E-state index is 12.9. The fourth-order valence-electron chi connectivity index (χ4n) is 3.83. The first-order valence-electron chi connectivity index (χ1n) is 11.1. The molecule has 9 nitrogen and oxygen atoms in total. The molecule has 0 aliphatic carbocycles. The molecule has 30 heavy (non-hydrogen) atoms. The van der Waals surface area contributed by atoms with Crippen molar-refractivity contribution in [3.63, 3.8) is 0 Å². The van der Waals surface area contributed by atoms with Gasteiger partial charge in [0.25, 0.3) is 5.91 Å². The topological polar surface area (TPSA) is 90.9 Å². The van der Waals surface area contributed by atoms with Gasteiger partial charge in [0.2, 0.25) is 5.91 Å². The van der Waals surface area contributed by atoms with Crippen molar-refractivity contribution in [2.75, 3.05) is 72.1 Å². The molecule has 0 saturated carbocycles. The average Bonchev–Trinajstić information content (AvgIpc) is 2.80. The number of carbonyl (C=O) groups excluding carboxylic acids is 2. The van der Waals surface area contributed by atoms with Gasteiger partial charge in [0, 0.05) is 64.6 Å². The van der Waals surface area contributed by atoms with Crippen molar-refractivity contribution in [3.05, 3.63) is 24.3 Å². The van der Waals surface area contributed by atoms with Gasteiger partial charge in [-0.05, 0) is 25.9 Å². The van der Waals surface area contributed by atoms with E-state index in [9.17, 15) is 9.59 Å². The molecule has 166 valence electrons. The molecule has 1 aromatic rings. The van der Waals surface area contributed by atoms with Crippen LogP contribution in [0.25, 0.3) is 0 Å². The number of likely N-dealkylation sites (tertiary alicyclic amines) is 1. The van der Waals surface area contributed by atoms with Crippen LogP contribution in [-0.4, -0.2) is 109 Å². The van der Waals surface area contributed by atoms with E-state index in [0.717, 1.165) is 52.5 Å². The third kappa shape index (κ3) is 7.62. The number of aromatic nitrogens is 2. The summed E-state index contributed by atoms with van der Waals surface area (Å²) in [6.07, 6.45) is 8.55. The summed E-state index contributed by atoms with van der Waals surface area (Å²) in [6, 6.07) is 0. The smallest absolute Gasteiger partial charge is 0.274 e. The van der Waals surface area contributed by atoms with Crippen LogP contribution in [0.2, 0.25) is 0 Å². The zero-order chi connectivity index (χ0) is 21.0. The highest BCUT2D eigenvalue weighted by Crippen LogP contribution is 2.09. The minimum atomic E-state index is -0.166. The second-order valence-corrected chi connectivity index (χ2v) is 7.84. The number of rotatable bonds is 10. The lowest BCUT2D eigenvalue weighted by atomic mass is 10.1. The highest BCUT2D eigenvalue weighted by Gasteiger charge is 2.20. The Bertz CT molecular complexity index is 647. The molecule has 1 N–H and O–H groups in total. The van der Waals surface area contributed by atoms with E-state index in [1.807, 2.05) is 0 Å². The van der Waals surface area contributed by atoms with Crippen LogP contribution in [0.1, 0.15) is 36.2 Å². The predicted molar refractivity (Wildman–Crippen MR) is 113 cm³/mol. The fourth-order valence-corrected chi connectivity index (χ4v) is 3.83. The summed E-state index contributed by atoms with van der Waals surface area (Å²) >= 11 is 0. The van der Waals surface area contributed by atoms with E-state index in [1.54, 1.807) is 11.1 Å². The second kappa shape index (κ2) is 12.6. The number of piperidine rings is 1. The van der Waals surface area contributed by atoms with Crippen LogP contribution in [0.3, 0.4) is 0 Å². The molecule has 2 saturated heterocycles. The van der Waals surface area contributed by atoms with E-state index in [4.69, 9.17) is 4.74 Å². The Morgan fingerprint density at radius 2 is 1.77 bits per heavy atom. The predicted octanol–water partition coefficient (Wildman–Crippen LogP) is 0.243. The molecule has 2 fully saturated rings. The molecule has 0 spiro atoms. The maximum atomic E-state index is 12.9. The standard InChI is InChI=1S/C21H34N6O3/c28-20(24-7-11-26-14-16-30-17-15-26)4-10-27(13-12-25-8-2-1-3-9-25)21(29)19-18-22-5-6-23-19/h5-6,18H,1-4,7-17H2,(H,24,28). The first-order chi connectivity index (χ1) is 14.7. The monoisotopic (exact) mass is 418 g/mol. The Morgan fingerprint density at radius 1 is 1.00 bits per heavy atom. The van der Waals surface area contributed by atoms with E-state index >= 15 is 0 Å². The van der Waals surface area contributed by atoms with E-state index in [0.29, 0.717) is 25.3 Å². The SMILES string of the molecule is O=C(CCN(CCN1CCCCC1)C(=O)c1cnccn1)NCCN1CCOCC1. The van der Waals surface area contributed by atoms with Crippen molar-refractivity contribution < 1.29 is 14.3 Å². The number of amides is 2. The van der Waals surface area contributed by atoms with E-state index < -0.39 is 0 Å². The molecule has 0 unspecified atom stereocenters. The van der Waals surface area contributed by atoms with E-state index in [2.05, 4.69) is 25.1 Å². The fraction of sp³-hybridized carbons (Fsp3) is 0.714. The van der Waals surface area contributed by atoms with Crippen LogP contribution in [0.4, 0.5) is 0 Å². The van der Waals surface area contributed by atoms with Gasteiger partial charge in [-0.15, -0.1) is 0 Å². The molecule has 3 heterocycles. The number of nitrogens with one attached hydrogen (secondary N) is 1. The van der Waals surface area contributed by atoms with Crippen LogP contribution in [0.5, 0.6) is 0 Å². The summed E-state index contributed by atoms with van der Waals surface area (Å²) < 4.78 is 5.34. The highest BCUT2D eigenvalue weighted by molar-refractivity contribution is 5.92. The van der Waals surface area contributed by atoms with E-state index in [1.165, 1.54) is 31.7 Å². The molecule has 9 heteroatoms. The van der Waals surface area contributed by atoms with Gasteiger partial charge >= 0.3 is 0 Å². The first-order valence-corrected chi connectivity index (χ1v) is 11.1. The van der Waals surface area contributed by atoms with Crippen molar-refractivity contribution in [3.8, 4) is 0 Å². The summed E-state index contributed by atoms with van der Waals surface area (Å²) in [4.78, 5) is 39.8. The largest absolute Gasteiger partial charge is 0.379 e.